The summed E-state index contributed by atoms with van der Waals surface area (Å²) in [4.78, 5) is 88.6. The molecule has 0 spiro atoms. The summed E-state index contributed by atoms with van der Waals surface area (Å²) in [5.41, 5.74) is 3.67. The molecule has 0 aromatic heterocycles. The Bertz CT molecular complexity index is 2070. The molecule has 0 aliphatic carbocycles. The molecule has 3 aromatic carbocycles. The van der Waals surface area contributed by atoms with Crippen LogP contribution in [0.1, 0.15) is 50.8 Å². The lowest BCUT2D eigenvalue weighted by molar-refractivity contribution is -0.221. The van der Waals surface area contributed by atoms with Gasteiger partial charge in [0.15, 0.2) is 18.8 Å². The first kappa shape index (κ1) is 45.5. The normalized spacial score (nSPS) is 19.4. The fourth-order valence-corrected chi connectivity index (χ4v) is 7.56. The van der Waals surface area contributed by atoms with Crippen LogP contribution in [-0.4, -0.2) is 97.3 Å². The highest BCUT2D eigenvalue weighted by atomic mass is 32.2. The molecule has 16 nitrogen and oxygen atoms in total. The number of hydrogen-bond acceptors (Lipinski definition) is 15. The van der Waals surface area contributed by atoms with E-state index in [9.17, 15) is 38.8 Å². The van der Waals surface area contributed by atoms with Crippen LogP contribution in [0.15, 0.2) is 77.7 Å². The zero-order valence-corrected chi connectivity index (χ0v) is 34.1. The molecule has 2 N–H and O–H groups in total. The Morgan fingerprint density at radius 3 is 2.14 bits per heavy atom. The average Bonchev–Trinajstić information content (AvgIpc) is 3.19. The fourth-order valence-electron chi connectivity index (χ4n) is 6.33. The van der Waals surface area contributed by atoms with E-state index in [0.29, 0.717) is 16.0 Å². The van der Waals surface area contributed by atoms with Gasteiger partial charge in [-0.3, -0.25) is 28.8 Å². The summed E-state index contributed by atoms with van der Waals surface area (Å²) in [6, 6.07) is 21.8. The van der Waals surface area contributed by atoms with Gasteiger partial charge >= 0.3 is 29.8 Å². The summed E-state index contributed by atoms with van der Waals surface area (Å²) in [5, 5.41) is 14.6. The predicted molar refractivity (Wildman–Crippen MR) is 210 cm³/mol. The summed E-state index contributed by atoms with van der Waals surface area (Å²) < 4.78 is 33.7. The molecule has 0 bridgehead atoms. The van der Waals surface area contributed by atoms with Gasteiger partial charge in [-0.05, 0) is 47.9 Å². The third-order valence-electron chi connectivity index (χ3n) is 8.86. The Balaban J connectivity index is 1.73. The Morgan fingerprint density at radius 1 is 0.864 bits per heavy atom. The second kappa shape index (κ2) is 21.0. The van der Waals surface area contributed by atoms with Crippen molar-refractivity contribution in [2.75, 3.05) is 20.3 Å². The lowest BCUT2D eigenvalue weighted by Gasteiger charge is -2.48. The minimum atomic E-state index is -2.03. The van der Waals surface area contributed by atoms with Gasteiger partial charge in [-0.1, -0.05) is 65.9 Å². The number of aryl methyl sites for hydroxylation is 1. The van der Waals surface area contributed by atoms with Crippen LogP contribution in [0.2, 0.25) is 0 Å². The summed E-state index contributed by atoms with van der Waals surface area (Å²) in [6.07, 6.45) is -6.80. The summed E-state index contributed by atoms with van der Waals surface area (Å²) >= 11 is 0.903. The highest BCUT2D eigenvalue weighted by Crippen LogP contribution is 2.46. The fraction of sp³-hybridized carbons (Fsp3) is 0.381. The smallest absolute Gasteiger partial charge is 0.349 e. The van der Waals surface area contributed by atoms with Crippen LogP contribution in [-0.2, 0) is 68.4 Å². The van der Waals surface area contributed by atoms with Gasteiger partial charge in [0.1, 0.15) is 12.2 Å². The molecule has 17 heteroatoms. The topological polar surface area (TPSA) is 223 Å². The summed E-state index contributed by atoms with van der Waals surface area (Å²) in [5.74, 6) is -5.67. The highest BCUT2D eigenvalue weighted by Gasteiger charge is 2.59. The van der Waals surface area contributed by atoms with Crippen molar-refractivity contribution in [1.82, 2.24) is 10.6 Å². The van der Waals surface area contributed by atoms with Gasteiger partial charge in [-0.2, -0.15) is 5.26 Å². The second-order valence-electron chi connectivity index (χ2n) is 13.6. The van der Waals surface area contributed by atoms with Gasteiger partial charge in [0.25, 0.3) is 5.91 Å². The van der Waals surface area contributed by atoms with Gasteiger partial charge in [-0.25, -0.2) is 4.79 Å². The molecule has 0 unspecified atom stereocenters. The van der Waals surface area contributed by atoms with E-state index in [4.69, 9.17) is 28.4 Å². The molecule has 0 radical (unpaired) electrons. The van der Waals surface area contributed by atoms with E-state index in [-0.39, 0.29) is 6.42 Å². The van der Waals surface area contributed by atoms with Crippen molar-refractivity contribution in [3.05, 3.63) is 89.5 Å². The van der Waals surface area contributed by atoms with Gasteiger partial charge < -0.3 is 39.1 Å². The molecule has 1 aliphatic rings. The van der Waals surface area contributed by atoms with Gasteiger partial charge in [0, 0.05) is 39.0 Å². The van der Waals surface area contributed by atoms with E-state index in [1.165, 1.54) is 0 Å². The number of thioether (sulfide) groups is 1. The van der Waals surface area contributed by atoms with Crippen LogP contribution in [0.3, 0.4) is 0 Å². The number of hydrogen-bond donors (Lipinski definition) is 2. The van der Waals surface area contributed by atoms with Crippen LogP contribution < -0.4 is 10.6 Å². The number of benzene rings is 3. The maximum Gasteiger partial charge on any atom is 0.349 e. The van der Waals surface area contributed by atoms with Gasteiger partial charge in [-0.15, -0.1) is 0 Å². The van der Waals surface area contributed by atoms with Crippen LogP contribution in [0.5, 0.6) is 0 Å². The average molecular weight is 832 g/mol. The molecule has 312 valence electrons. The standard InChI is InChI=1S/C42H45N3O13S/c1-24-10-16-33(17-11-24)59-42(41(52)53-6)20-34(55-26(3)47)38(45-37(51)23-54-25(2)46)40(58-42)39(57-28(5)49)35(56-27(4)48)22-44-36(50)19-29-12-14-31(15-13-29)32-9-7-8-30(18-32)21-43/h7-18,34-35,38-40H,19-20,22-23H2,1-6H3,(H,44,50)(H,45,51)/t34-,35+,38+,39+,40+,42-/m0/s1. The van der Waals surface area contributed by atoms with Crippen LogP contribution in [0.4, 0.5) is 0 Å². The molecule has 1 fully saturated rings. The number of nitriles is 1. The van der Waals surface area contributed by atoms with Crippen molar-refractivity contribution in [2.45, 2.75) is 87.7 Å². The molecule has 1 saturated heterocycles. The SMILES string of the molecule is COC(=O)[C@@]1(Sc2ccc(C)cc2)C[C@H](OC(C)=O)[C@@H](NC(=O)COC(C)=O)[C@H]([C@H](OC(C)=O)[C@@H](CNC(=O)Cc2ccc(-c3cccc(C#N)c3)cc2)OC(C)=O)O1. The molecule has 59 heavy (non-hydrogen) atoms. The van der Waals surface area contributed by atoms with Crippen molar-refractivity contribution in [3.8, 4) is 17.2 Å². The van der Waals surface area contributed by atoms with E-state index in [1.807, 2.05) is 13.0 Å². The Hall–Kier alpha value is -6.25. The molecule has 3 aromatic rings. The molecular weight excluding hydrogens is 787 g/mol. The predicted octanol–water partition coefficient (Wildman–Crippen LogP) is 3.49. The molecule has 1 heterocycles. The number of nitrogens with zero attached hydrogens (tertiary/aromatic N) is 1. The third kappa shape index (κ3) is 13.1. The molecule has 4 rings (SSSR count). The third-order valence-corrected chi connectivity index (χ3v) is 10.1. The Morgan fingerprint density at radius 2 is 1.54 bits per heavy atom. The maximum atomic E-state index is 13.8. The first-order chi connectivity index (χ1) is 28.0. The second-order valence-corrected chi connectivity index (χ2v) is 14.9. The van der Waals surface area contributed by atoms with E-state index in [2.05, 4.69) is 16.7 Å². The summed E-state index contributed by atoms with van der Waals surface area (Å²) in [7, 11) is 1.12. The van der Waals surface area contributed by atoms with Crippen molar-refractivity contribution in [2.24, 2.45) is 0 Å². The maximum absolute atomic E-state index is 13.8. The monoisotopic (exact) mass is 831 g/mol. The zero-order valence-electron chi connectivity index (χ0n) is 33.3. The molecule has 6 atom stereocenters. The van der Waals surface area contributed by atoms with Crippen molar-refractivity contribution in [3.63, 3.8) is 0 Å². The molecule has 2 amide bonds. The number of carbonyl (C=O) groups excluding carboxylic acids is 7. The summed E-state index contributed by atoms with van der Waals surface area (Å²) in [6.45, 7) is 4.99. The quantitative estimate of drug-likeness (QED) is 0.156. The van der Waals surface area contributed by atoms with E-state index in [0.717, 1.165) is 63.3 Å². The number of nitrogens with one attached hydrogen (secondary N) is 2. The zero-order chi connectivity index (χ0) is 43.3. The number of carbonyl (C=O) groups is 7. The van der Waals surface area contributed by atoms with Crippen molar-refractivity contribution in [1.29, 1.82) is 5.26 Å². The van der Waals surface area contributed by atoms with E-state index >= 15 is 0 Å². The number of methoxy groups -OCH3 is 1. The van der Waals surface area contributed by atoms with Gasteiger partial charge in [0.05, 0.1) is 37.7 Å². The highest BCUT2D eigenvalue weighted by molar-refractivity contribution is 8.01. The number of esters is 5. The number of ether oxygens (including phenoxy) is 6. The van der Waals surface area contributed by atoms with Crippen LogP contribution >= 0.6 is 11.8 Å². The minimum Gasteiger partial charge on any atom is -0.466 e. The van der Waals surface area contributed by atoms with E-state index < -0.39 is 96.6 Å². The Labute approximate surface area is 345 Å². The van der Waals surface area contributed by atoms with Gasteiger partial charge in [0.2, 0.25) is 10.8 Å². The first-order valence-electron chi connectivity index (χ1n) is 18.3. The number of amides is 2. The first-order valence-corrected chi connectivity index (χ1v) is 19.2. The number of rotatable bonds is 16. The largest absolute Gasteiger partial charge is 0.466 e. The van der Waals surface area contributed by atoms with Crippen LogP contribution in [0.25, 0.3) is 11.1 Å². The molecular formula is C42H45N3O13S. The lowest BCUT2D eigenvalue weighted by atomic mass is 9.89. The minimum absolute atomic E-state index is 0.120. The lowest BCUT2D eigenvalue weighted by Crippen LogP contribution is -2.68. The van der Waals surface area contributed by atoms with Crippen LogP contribution in [0, 0.1) is 18.3 Å². The van der Waals surface area contributed by atoms with E-state index in [1.54, 1.807) is 66.7 Å². The van der Waals surface area contributed by atoms with Crippen molar-refractivity contribution >= 4 is 53.4 Å². The molecule has 0 saturated carbocycles. The van der Waals surface area contributed by atoms with Crippen molar-refractivity contribution < 1.29 is 62.0 Å². The molecule has 1 aliphatic heterocycles. The Kier molecular flexibility index (Phi) is 16.1.